The summed E-state index contributed by atoms with van der Waals surface area (Å²) in [5, 5.41) is 17.3. The van der Waals surface area contributed by atoms with Gasteiger partial charge in [-0.3, -0.25) is 9.59 Å². The van der Waals surface area contributed by atoms with Crippen LogP contribution in [0.15, 0.2) is 70.6 Å². The third kappa shape index (κ3) is 8.07. The molecule has 5 rings (SSSR count). The summed E-state index contributed by atoms with van der Waals surface area (Å²) < 4.78 is 0. The van der Waals surface area contributed by atoms with E-state index < -0.39 is 11.9 Å². The number of hydrogen-bond acceptors (Lipinski definition) is 4. The summed E-state index contributed by atoms with van der Waals surface area (Å²) in [6, 6.07) is 21.8. The number of hydrogen-bond donors (Lipinski definition) is 2. The zero-order chi connectivity index (χ0) is 29.7. The van der Waals surface area contributed by atoms with E-state index >= 15 is 0 Å². The van der Waals surface area contributed by atoms with Crippen LogP contribution in [-0.2, 0) is 30.0 Å². The van der Waals surface area contributed by atoms with Crippen LogP contribution in [0.5, 0.6) is 0 Å². The van der Waals surface area contributed by atoms with Crippen molar-refractivity contribution in [3.05, 3.63) is 105 Å². The summed E-state index contributed by atoms with van der Waals surface area (Å²) in [5.74, 6) is -1.67. The number of aryl methyl sites for hydroxylation is 6. The molecule has 0 aromatic heterocycles. The Morgan fingerprint density at radius 1 is 0.585 bits per heavy atom. The average Bonchev–Trinajstić information content (AvgIpc) is 3.12. The second-order valence-electron chi connectivity index (χ2n) is 10.2. The summed E-state index contributed by atoms with van der Waals surface area (Å²) >= 11 is 0. The maximum atomic E-state index is 9.00. The van der Waals surface area contributed by atoms with Crippen LogP contribution in [0.3, 0.4) is 0 Å². The van der Waals surface area contributed by atoms with Gasteiger partial charge in [0.05, 0.1) is 22.8 Å². The quantitative estimate of drug-likeness (QED) is 0.216. The molecule has 4 aromatic carbocycles. The van der Waals surface area contributed by atoms with Crippen LogP contribution in [0, 0.1) is 41.5 Å². The summed E-state index contributed by atoms with van der Waals surface area (Å²) in [6.45, 7) is 15.0. The van der Waals surface area contributed by atoms with Gasteiger partial charge in [-0.25, -0.2) is 9.98 Å². The molecule has 1 aliphatic carbocycles. The van der Waals surface area contributed by atoms with Crippen LogP contribution in [0.2, 0.25) is 0 Å². The molecule has 0 spiro atoms. The first-order chi connectivity index (χ1) is 18.8. The topological polar surface area (TPSA) is 99.3 Å². The smallest absolute Gasteiger partial charge is 0.300 e. The van der Waals surface area contributed by atoms with Crippen molar-refractivity contribution in [1.82, 2.24) is 0 Å². The van der Waals surface area contributed by atoms with Crippen molar-refractivity contribution in [2.45, 2.75) is 55.4 Å². The van der Waals surface area contributed by atoms with E-state index in [1.165, 1.54) is 55.3 Å². The Morgan fingerprint density at radius 2 is 0.878 bits per heavy atom. The van der Waals surface area contributed by atoms with Crippen molar-refractivity contribution in [3.63, 3.8) is 0 Å². The molecule has 0 saturated carbocycles. The van der Waals surface area contributed by atoms with Gasteiger partial charge in [0.2, 0.25) is 0 Å². The van der Waals surface area contributed by atoms with Crippen molar-refractivity contribution < 1.29 is 40.2 Å². The van der Waals surface area contributed by atoms with E-state index in [1.807, 2.05) is 0 Å². The van der Waals surface area contributed by atoms with Gasteiger partial charge in [-0.2, -0.15) is 0 Å². The summed E-state index contributed by atoms with van der Waals surface area (Å²) in [7, 11) is 0. The molecular formula is C34H36N2O4Pd. The minimum absolute atomic E-state index is 0. The van der Waals surface area contributed by atoms with Gasteiger partial charge in [-0.15, -0.1) is 0 Å². The summed E-state index contributed by atoms with van der Waals surface area (Å²) in [5.41, 5.74) is 13.7. The third-order valence-corrected chi connectivity index (χ3v) is 6.36. The Morgan fingerprint density at radius 3 is 1.17 bits per heavy atom. The van der Waals surface area contributed by atoms with Gasteiger partial charge in [0.15, 0.2) is 0 Å². The molecule has 0 atom stereocenters. The fraction of sp³-hybridized carbons (Fsp3) is 0.235. The molecule has 0 saturated heterocycles. The molecule has 0 bridgehead atoms. The molecule has 2 N–H and O–H groups in total. The van der Waals surface area contributed by atoms with Gasteiger partial charge in [0.1, 0.15) is 0 Å². The van der Waals surface area contributed by atoms with Crippen molar-refractivity contribution in [3.8, 4) is 0 Å². The molecule has 0 fully saturated rings. The monoisotopic (exact) mass is 642 g/mol. The number of benzene rings is 4. The van der Waals surface area contributed by atoms with Crippen LogP contribution in [0.25, 0.3) is 10.8 Å². The minimum Gasteiger partial charge on any atom is -0.481 e. The van der Waals surface area contributed by atoms with E-state index in [-0.39, 0.29) is 20.4 Å². The van der Waals surface area contributed by atoms with Crippen LogP contribution in [-0.4, -0.2) is 33.6 Å². The van der Waals surface area contributed by atoms with Gasteiger partial charge in [-0.1, -0.05) is 71.8 Å². The molecule has 6 nitrogen and oxygen atoms in total. The Kier molecular flexibility index (Phi) is 11.5. The second-order valence-corrected chi connectivity index (χ2v) is 10.2. The molecule has 41 heavy (non-hydrogen) atoms. The first kappa shape index (κ1) is 33.3. The Hall–Kier alpha value is -3.92. The van der Waals surface area contributed by atoms with Gasteiger partial charge >= 0.3 is 0 Å². The van der Waals surface area contributed by atoms with Crippen LogP contribution >= 0.6 is 0 Å². The molecular weight excluding hydrogens is 607 g/mol. The number of aliphatic imine (C=N–C) groups is 2. The zero-order valence-electron chi connectivity index (χ0n) is 24.7. The summed E-state index contributed by atoms with van der Waals surface area (Å²) in [4.78, 5) is 28.6. The molecule has 0 amide bonds. The van der Waals surface area contributed by atoms with E-state index in [0.717, 1.165) is 36.6 Å². The number of aliphatic carboxylic acids is 2. The van der Waals surface area contributed by atoms with Crippen LogP contribution in [0.4, 0.5) is 11.4 Å². The van der Waals surface area contributed by atoms with Gasteiger partial charge in [0.25, 0.3) is 11.9 Å². The van der Waals surface area contributed by atoms with Crippen molar-refractivity contribution in [2.75, 3.05) is 0 Å². The maximum Gasteiger partial charge on any atom is 0.300 e. The predicted octanol–water partition coefficient (Wildman–Crippen LogP) is 8.12. The van der Waals surface area contributed by atoms with E-state index in [4.69, 9.17) is 29.8 Å². The predicted molar refractivity (Wildman–Crippen MR) is 164 cm³/mol. The molecule has 216 valence electrons. The molecule has 0 unspecified atom stereocenters. The van der Waals surface area contributed by atoms with Crippen molar-refractivity contribution >= 4 is 45.5 Å². The van der Waals surface area contributed by atoms with E-state index in [0.29, 0.717) is 0 Å². The minimum atomic E-state index is -0.833. The molecule has 0 heterocycles. The van der Waals surface area contributed by atoms with Crippen molar-refractivity contribution in [2.24, 2.45) is 9.98 Å². The van der Waals surface area contributed by atoms with Crippen LogP contribution < -0.4 is 0 Å². The number of carboxylic acid groups (broad SMARTS) is 2. The van der Waals surface area contributed by atoms with Gasteiger partial charge in [-0.05, 0) is 69.2 Å². The fourth-order valence-electron chi connectivity index (χ4n) is 5.14. The number of carboxylic acids is 2. The molecule has 4 aromatic rings. The molecule has 0 radical (unpaired) electrons. The maximum absolute atomic E-state index is 9.00. The molecule has 0 aliphatic heterocycles. The molecule has 7 heteroatoms. The largest absolute Gasteiger partial charge is 0.481 e. The van der Waals surface area contributed by atoms with E-state index in [1.54, 1.807) is 0 Å². The third-order valence-electron chi connectivity index (χ3n) is 6.36. The number of nitrogens with zero attached hydrogens (tertiary/aromatic N) is 2. The van der Waals surface area contributed by atoms with E-state index in [2.05, 4.69) is 102 Å². The average molecular weight is 643 g/mol. The number of rotatable bonds is 2. The van der Waals surface area contributed by atoms with Gasteiger partial charge < -0.3 is 10.2 Å². The SMILES string of the molecule is CC(=O)O.CC(=O)O.Cc1cc(C)c(N=C2C(=Nc3c(C)cc(C)cc3C)c3cccc4cccc2c34)c(C)c1.[Pd]. The Labute approximate surface area is 255 Å². The zero-order valence-corrected chi connectivity index (χ0v) is 26.2. The Balaban J connectivity index is 0.000000583. The van der Waals surface area contributed by atoms with Crippen LogP contribution in [0.1, 0.15) is 58.4 Å². The first-order valence-electron chi connectivity index (χ1n) is 13.0. The Bertz CT molecular complexity index is 1510. The van der Waals surface area contributed by atoms with Gasteiger partial charge in [0, 0.05) is 50.8 Å². The standard InChI is InChI=1S/C30H28N2.2C2H4O2.Pd/c1-17-13-19(3)27(20(4)14-17)31-29-24-11-7-9-23-10-8-12-25(26(23)24)30(29)32-28-21(5)15-18(2)16-22(28)6;2*1-2(3)4;/h7-16H,1-6H3;2*1H3,(H,3,4);. The normalized spacial score (nSPS) is 13.2. The summed E-state index contributed by atoms with van der Waals surface area (Å²) in [6.07, 6.45) is 0. The second kappa shape index (κ2) is 14.1. The van der Waals surface area contributed by atoms with E-state index in [9.17, 15) is 0 Å². The molecule has 1 aliphatic rings. The fourth-order valence-corrected chi connectivity index (χ4v) is 5.14. The van der Waals surface area contributed by atoms with Crippen molar-refractivity contribution in [1.29, 1.82) is 0 Å². The first-order valence-corrected chi connectivity index (χ1v) is 13.0. The number of carbonyl (C=O) groups is 2.